The lowest BCUT2D eigenvalue weighted by molar-refractivity contribution is -0.120. The molecule has 0 saturated carbocycles. The molecule has 0 spiro atoms. The minimum Gasteiger partial charge on any atom is -0.361 e. The number of rotatable bonds is 5. The number of aromatic nitrogens is 1. The normalized spacial score (nSPS) is 11.7. The van der Waals surface area contributed by atoms with E-state index in [0.717, 1.165) is 22.0 Å². The standard InChI is InChI=1S/C20H20F2N2O/c1-20(2,17-11-23-18-10-15(22)7-8-16(17)18)12-24-19(25)9-13-3-5-14(21)6-4-13/h3-8,10-11,23H,9,12H2,1-2H3,(H,24,25). The molecule has 0 fully saturated rings. The molecule has 0 bridgehead atoms. The van der Waals surface area contributed by atoms with Crippen LogP contribution in [0.2, 0.25) is 0 Å². The highest BCUT2D eigenvalue weighted by Crippen LogP contribution is 2.30. The topological polar surface area (TPSA) is 44.9 Å². The third-order valence-corrected chi connectivity index (χ3v) is 4.38. The van der Waals surface area contributed by atoms with Gasteiger partial charge in [-0.3, -0.25) is 4.79 Å². The summed E-state index contributed by atoms with van der Waals surface area (Å²) in [6.07, 6.45) is 2.06. The smallest absolute Gasteiger partial charge is 0.224 e. The molecule has 1 aromatic heterocycles. The average Bonchev–Trinajstić information content (AvgIpc) is 2.99. The van der Waals surface area contributed by atoms with E-state index in [4.69, 9.17) is 0 Å². The predicted octanol–water partition coefficient (Wildman–Crippen LogP) is 4.08. The van der Waals surface area contributed by atoms with E-state index >= 15 is 0 Å². The van der Waals surface area contributed by atoms with Gasteiger partial charge in [0.25, 0.3) is 0 Å². The van der Waals surface area contributed by atoms with E-state index in [9.17, 15) is 13.6 Å². The van der Waals surface area contributed by atoms with Crippen LogP contribution in [0, 0.1) is 11.6 Å². The summed E-state index contributed by atoms with van der Waals surface area (Å²) in [6, 6.07) is 10.5. The third kappa shape index (κ3) is 3.87. The molecule has 3 rings (SSSR count). The summed E-state index contributed by atoms with van der Waals surface area (Å²) in [4.78, 5) is 15.2. The summed E-state index contributed by atoms with van der Waals surface area (Å²) in [5.74, 6) is -0.724. The van der Waals surface area contributed by atoms with Crippen molar-refractivity contribution in [1.29, 1.82) is 0 Å². The second-order valence-electron chi connectivity index (χ2n) is 6.86. The van der Waals surface area contributed by atoms with Gasteiger partial charge in [-0.15, -0.1) is 0 Å². The van der Waals surface area contributed by atoms with Crippen LogP contribution in [-0.4, -0.2) is 17.4 Å². The Balaban J connectivity index is 1.68. The van der Waals surface area contributed by atoms with Gasteiger partial charge in [-0.25, -0.2) is 8.78 Å². The highest BCUT2D eigenvalue weighted by Gasteiger charge is 2.24. The van der Waals surface area contributed by atoms with Gasteiger partial charge < -0.3 is 10.3 Å². The van der Waals surface area contributed by atoms with Gasteiger partial charge in [0.2, 0.25) is 5.91 Å². The fourth-order valence-electron chi connectivity index (χ4n) is 2.92. The number of nitrogens with one attached hydrogen (secondary N) is 2. The van der Waals surface area contributed by atoms with E-state index in [2.05, 4.69) is 10.3 Å². The van der Waals surface area contributed by atoms with Crippen molar-refractivity contribution in [2.45, 2.75) is 25.7 Å². The summed E-state index contributed by atoms with van der Waals surface area (Å²) in [6.45, 7) is 4.49. The number of halogens is 2. The monoisotopic (exact) mass is 342 g/mol. The van der Waals surface area contributed by atoms with Crippen molar-refractivity contribution in [3.05, 3.63) is 71.4 Å². The summed E-state index contributed by atoms with van der Waals surface area (Å²) in [5.41, 5.74) is 2.19. The van der Waals surface area contributed by atoms with Crippen molar-refractivity contribution in [2.75, 3.05) is 6.54 Å². The van der Waals surface area contributed by atoms with Crippen molar-refractivity contribution < 1.29 is 13.6 Å². The molecule has 2 N–H and O–H groups in total. The molecule has 0 aliphatic heterocycles. The third-order valence-electron chi connectivity index (χ3n) is 4.38. The van der Waals surface area contributed by atoms with Crippen LogP contribution in [0.3, 0.4) is 0 Å². The van der Waals surface area contributed by atoms with Crippen LogP contribution in [-0.2, 0) is 16.6 Å². The van der Waals surface area contributed by atoms with Crippen molar-refractivity contribution in [3.8, 4) is 0 Å². The fraction of sp³-hybridized carbons (Fsp3) is 0.250. The molecule has 0 unspecified atom stereocenters. The van der Waals surface area contributed by atoms with Gasteiger partial charge in [0.15, 0.2) is 0 Å². The van der Waals surface area contributed by atoms with E-state index in [1.54, 1.807) is 18.2 Å². The Kier molecular flexibility index (Phi) is 4.57. The van der Waals surface area contributed by atoms with Crippen molar-refractivity contribution in [3.63, 3.8) is 0 Å². The maximum absolute atomic E-state index is 13.3. The van der Waals surface area contributed by atoms with Gasteiger partial charge in [0.05, 0.1) is 6.42 Å². The van der Waals surface area contributed by atoms with Crippen molar-refractivity contribution >= 4 is 16.8 Å². The lowest BCUT2D eigenvalue weighted by atomic mass is 9.84. The molecule has 3 aromatic rings. The molecule has 5 heteroatoms. The Hall–Kier alpha value is -2.69. The molecular formula is C20H20F2N2O. The first kappa shape index (κ1) is 17.1. The number of hydrogen-bond acceptors (Lipinski definition) is 1. The van der Waals surface area contributed by atoms with E-state index in [1.165, 1.54) is 24.3 Å². The Morgan fingerprint density at radius 1 is 1.08 bits per heavy atom. The zero-order valence-corrected chi connectivity index (χ0v) is 14.2. The number of carbonyl (C=O) groups is 1. The molecule has 0 radical (unpaired) electrons. The number of amides is 1. The molecular weight excluding hydrogens is 322 g/mol. The van der Waals surface area contributed by atoms with Gasteiger partial charge in [-0.05, 0) is 41.5 Å². The summed E-state index contributed by atoms with van der Waals surface area (Å²) in [7, 11) is 0. The molecule has 1 amide bonds. The summed E-state index contributed by atoms with van der Waals surface area (Å²) in [5, 5.41) is 3.87. The molecule has 0 saturated heterocycles. The first-order valence-corrected chi connectivity index (χ1v) is 8.13. The molecule has 3 nitrogen and oxygen atoms in total. The molecule has 0 aliphatic carbocycles. The second-order valence-corrected chi connectivity index (χ2v) is 6.86. The van der Waals surface area contributed by atoms with Gasteiger partial charge in [0.1, 0.15) is 11.6 Å². The van der Waals surface area contributed by atoms with E-state index in [1.807, 2.05) is 20.0 Å². The van der Waals surface area contributed by atoms with Crippen LogP contribution >= 0.6 is 0 Å². The van der Waals surface area contributed by atoms with E-state index in [-0.39, 0.29) is 29.4 Å². The Labute approximate surface area is 145 Å². The highest BCUT2D eigenvalue weighted by molar-refractivity contribution is 5.84. The minimum atomic E-state index is -0.325. The Bertz CT molecular complexity index is 898. The molecule has 1 heterocycles. The lowest BCUT2D eigenvalue weighted by Crippen LogP contribution is -2.37. The summed E-state index contributed by atoms with van der Waals surface area (Å²) < 4.78 is 26.2. The van der Waals surface area contributed by atoms with E-state index in [0.29, 0.717) is 6.54 Å². The quantitative estimate of drug-likeness (QED) is 0.721. The number of carbonyl (C=O) groups excluding carboxylic acids is 1. The van der Waals surface area contributed by atoms with Crippen LogP contribution in [0.5, 0.6) is 0 Å². The Morgan fingerprint density at radius 3 is 2.48 bits per heavy atom. The minimum absolute atomic E-state index is 0.120. The van der Waals surface area contributed by atoms with Gasteiger partial charge in [-0.2, -0.15) is 0 Å². The van der Waals surface area contributed by atoms with Crippen LogP contribution in [0.1, 0.15) is 25.0 Å². The van der Waals surface area contributed by atoms with Gasteiger partial charge in [-0.1, -0.05) is 26.0 Å². The fourth-order valence-corrected chi connectivity index (χ4v) is 2.92. The molecule has 130 valence electrons. The predicted molar refractivity (Wildman–Crippen MR) is 94.4 cm³/mol. The maximum atomic E-state index is 13.3. The van der Waals surface area contributed by atoms with E-state index < -0.39 is 0 Å². The molecule has 25 heavy (non-hydrogen) atoms. The molecule has 0 atom stereocenters. The van der Waals surface area contributed by atoms with Crippen LogP contribution < -0.4 is 5.32 Å². The highest BCUT2D eigenvalue weighted by atomic mass is 19.1. The van der Waals surface area contributed by atoms with Gasteiger partial charge >= 0.3 is 0 Å². The number of benzene rings is 2. The zero-order chi connectivity index (χ0) is 18.0. The number of H-pyrrole nitrogens is 1. The average molecular weight is 342 g/mol. The lowest BCUT2D eigenvalue weighted by Gasteiger charge is -2.25. The zero-order valence-electron chi connectivity index (χ0n) is 14.2. The maximum Gasteiger partial charge on any atom is 0.224 e. The second kappa shape index (κ2) is 6.67. The first-order valence-electron chi connectivity index (χ1n) is 8.13. The van der Waals surface area contributed by atoms with Crippen LogP contribution in [0.4, 0.5) is 8.78 Å². The first-order chi connectivity index (χ1) is 11.8. The van der Waals surface area contributed by atoms with Crippen molar-refractivity contribution in [2.24, 2.45) is 0 Å². The Morgan fingerprint density at radius 2 is 1.76 bits per heavy atom. The van der Waals surface area contributed by atoms with Crippen LogP contribution in [0.25, 0.3) is 10.9 Å². The summed E-state index contributed by atoms with van der Waals surface area (Å²) >= 11 is 0. The van der Waals surface area contributed by atoms with Gasteiger partial charge in [0, 0.05) is 29.1 Å². The molecule has 2 aromatic carbocycles. The SMILES string of the molecule is CC(C)(CNC(=O)Cc1ccc(F)cc1)c1c[nH]c2cc(F)ccc12. The number of hydrogen-bond donors (Lipinski definition) is 2. The number of aromatic amines is 1. The largest absolute Gasteiger partial charge is 0.361 e. The molecule has 0 aliphatic rings. The number of fused-ring (bicyclic) bond motifs is 1. The van der Waals surface area contributed by atoms with Crippen molar-refractivity contribution in [1.82, 2.24) is 10.3 Å². The van der Waals surface area contributed by atoms with Crippen LogP contribution in [0.15, 0.2) is 48.7 Å².